The van der Waals surface area contributed by atoms with Crippen LogP contribution < -0.4 is 14.2 Å². The Hall–Kier alpha value is -5.25. The fraction of sp³-hybridized carbons (Fsp3) is 0.138. The van der Waals surface area contributed by atoms with Crippen LogP contribution in [0.15, 0.2) is 79.4 Å². The van der Waals surface area contributed by atoms with E-state index in [2.05, 4.69) is 9.97 Å². The molecule has 0 saturated carbocycles. The Kier molecular flexibility index (Phi) is 5.25. The van der Waals surface area contributed by atoms with Gasteiger partial charge < -0.3 is 14.2 Å². The second-order valence-corrected chi connectivity index (χ2v) is 9.11. The number of hydrogen-bond donors (Lipinski definition) is 0. The van der Waals surface area contributed by atoms with Gasteiger partial charge in [-0.2, -0.15) is 5.10 Å². The van der Waals surface area contributed by atoms with Gasteiger partial charge in [-0.3, -0.25) is 4.98 Å². The normalized spacial score (nSPS) is 14.0. The molecule has 10 nitrogen and oxygen atoms in total. The summed E-state index contributed by atoms with van der Waals surface area (Å²) in [5.41, 5.74) is 5.87. The van der Waals surface area contributed by atoms with E-state index in [9.17, 15) is 0 Å². The average molecular weight is 518 g/mol. The second-order valence-electron chi connectivity index (χ2n) is 9.11. The van der Waals surface area contributed by atoms with Crippen LogP contribution in [0.5, 0.6) is 23.3 Å². The van der Waals surface area contributed by atoms with Gasteiger partial charge in [-0.25, -0.2) is 19.2 Å². The maximum Gasteiger partial charge on any atom is 0.230 e. The van der Waals surface area contributed by atoms with Crippen molar-refractivity contribution in [3.8, 4) is 40.3 Å². The van der Waals surface area contributed by atoms with E-state index in [0.29, 0.717) is 34.7 Å². The molecule has 1 aliphatic heterocycles. The fourth-order valence-corrected chi connectivity index (χ4v) is 5.10. The zero-order valence-electron chi connectivity index (χ0n) is 21.4. The van der Waals surface area contributed by atoms with E-state index in [0.717, 1.165) is 33.6 Å². The predicted molar refractivity (Wildman–Crippen MR) is 143 cm³/mol. The van der Waals surface area contributed by atoms with Crippen molar-refractivity contribution < 1.29 is 14.2 Å². The molecule has 5 heterocycles. The summed E-state index contributed by atoms with van der Waals surface area (Å²) in [6, 6.07) is 19.5. The van der Waals surface area contributed by atoms with Crippen LogP contribution >= 0.6 is 0 Å². The Balaban J connectivity index is 1.45. The highest BCUT2D eigenvalue weighted by atomic mass is 16.5. The topological polar surface area (TPSA) is 101 Å². The molecule has 1 aliphatic rings. The molecule has 0 radical (unpaired) electrons. The van der Waals surface area contributed by atoms with Gasteiger partial charge >= 0.3 is 0 Å². The van der Waals surface area contributed by atoms with Gasteiger partial charge in [-0.15, -0.1) is 5.10 Å². The molecule has 2 aromatic carbocycles. The summed E-state index contributed by atoms with van der Waals surface area (Å²) < 4.78 is 20.9. The zero-order chi connectivity index (χ0) is 26.5. The lowest BCUT2D eigenvalue weighted by Gasteiger charge is -2.26. The lowest BCUT2D eigenvalue weighted by molar-refractivity contribution is 0.355. The molecule has 0 spiro atoms. The molecule has 0 aliphatic carbocycles. The molecule has 1 atom stereocenters. The van der Waals surface area contributed by atoms with Gasteiger partial charge in [0.2, 0.25) is 11.8 Å². The van der Waals surface area contributed by atoms with E-state index in [1.807, 2.05) is 78.5 Å². The van der Waals surface area contributed by atoms with Crippen molar-refractivity contribution in [3.63, 3.8) is 0 Å². The van der Waals surface area contributed by atoms with Crippen molar-refractivity contribution in [2.45, 2.75) is 12.8 Å². The first-order valence-electron chi connectivity index (χ1n) is 12.4. The van der Waals surface area contributed by atoms with Gasteiger partial charge in [-0.05, 0) is 48.9 Å². The minimum atomic E-state index is -0.270. The van der Waals surface area contributed by atoms with Crippen LogP contribution in [-0.4, -0.2) is 48.6 Å². The lowest BCUT2D eigenvalue weighted by Crippen LogP contribution is -2.16. The summed E-state index contributed by atoms with van der Waals surface area (Å²) in [7, 11) is 3.21. The van der Waals surface area contributed by atoms with Crippen molar-refractivity contribution >= 4 is 5.65 Å². The van der Waals surface area contributed by atoms with Crippen molar-refractivity contribution in [2.75, 3.05) is 14.2 Å². The third-order valence-electron chi connectivity index (χ3n) is 6.88. The van der Waals surface area contributed by atoms with Gasteiger partial charge in [0.05, 0.1) is 42.6 Å². The number of para-hydroxylation sites is 1. The van der Waals surface area contributed by atoms with Gasteiger partial charge in [0.15, 0.2) is 23.0 Å². The van der Waals surface area contributed by atoms with Crippen molar-refractivity contribution in [1.82, 2.24) is 34.3 Å². The maximum atomic E-state index is 6.48. The molecule has 39 heavy (non-hydrogen) atoms. The minimum Gasteiger partial charge on any atom is -0.493 e. The van der Waals surface area contributed by atoms with Crippen molar-refractivity contribution in [2.24, 2.45) is 0 Å². The average Bonchev–Trinajstić information content (AvgIpc) is 3.58. The Labute approximate surface area is 223 Å². The number of pyridine rings is 1. The molecule has 1 unspecified atom stereocenters. The van der Waals surface area contributed by atoms with Crippen LogP contribution in [0.2, 0.25) is 0 Å². The van der Waals surface area contributed by atoms with Gasteiger partial charge in [0.25, 0.3) is 0 Å². The van der Waals surface area contributed by atoms with Crippen LogP contribution in [0.3, 0.4) is 0 Å². The number of fused-ring (bicyclic) bond motifs is 4. The summed E-state index contributed by atoms with van der Waals surface area (Å²) in [4.78, 5) is 14.0. The van der Waals surface area contributed by atoms with Crippen LogP contribution in [0.25, 0.3) is 22.7 Å². The standard InChI is InChI=1S/C29H23N7O3/c1-17-23-24(19-8-7-13-30-15-19)25-27-32-26(18-11-12-21(37-2)22(14-18)38-3)34-35(27)16-31-28(25)39-29(23)36(33-17)20-9-5-4-6-10-20/h4-16,24H,1-3H3. The highest BCUT2D eigenvalue weighted by Gasteiger charge is 2.38. The number of aryl methyl sites for hydroxylation is 1. The van der Waals surface area contributed by atoms with Crippen LogP contribution in [0.4, 0.5) is 0 Å². The first-order chi connectivity index (χ1) is 19.2. The Bertz CT molecular complexity index is 1830. The summed E-state index contributed by atoms with van der Waals surface area (Å²) >= 11 is 0. The van der Waals surface area contributed by atoms with E-state index in [-0.39, 0.29) is 5.92 Å². The van der Waals surface area contributed by atoms with Crippen LogP contribution in [-0.2, 0) is 0 Å². The summed E-state index contributed by atoms with van der Waals surface area (Å²) in [6.07, 6.45) is 5.24. The third kappa shape index (κ3) is 3.60. The quantitative estimate of drug-likeness (QED) is 0.315. The summed E-state index contributed by atoms with van der Waals surface area (Å²) in [6.45, 7) is 1.99. The van der Waals surface area contributed by atoms with Crippen molar-refractivity contribution in [3.05, 3.63) is 102 Å². The number of ether oxygens (including phenoxy) is 3. The Morgan fingerprint density at radius 2 is 1.74 bits per heavy atom. The molecular weight excluding hydrogens is 494 g/mol. The molecule has 10 heteroatoms. The number of aromatic nitrogens is 7. The highest BCUT2D eigenvalue weighted by molar-refractivity contribution is 5.69. The minimum absolute atomic E-state index is 0.270. The first-order valence-corrected chi connectivity index (χ1v) is 12.4. The lowest BCUT2D eigenvalue weighted by atomic mass is 9.85. The van der Waals surface area contributed by atoms with E-state index in [1.54, 1.807) is 31.3 Å². The Morgan fingerprint density at radius 1 is 0.897 bits per heavy atom. The third-order valence-corrected chi connectivity index (χ3v) is 6.88. The van der Waals surface area contributed by atoms with Crippen LogP contribution in [0, 0.1) is 6.92 Å². The smallest absolute Gasteiger partial charge is 0.230 e. The number of nitrogens with zero attached hydrogens (tertiary/aromatic N) is 7. The SMILES string of the molecule is COc1ccc(-c2nc3c4c(ncn3n2)Oc2c(c(C)nn2-c2ccccc2)C4c2cccnc2)cc1OC. The van der Waals surface area contributed by atoms with Gasteiger partial charge in [0, 0.05) is 18.0 Å². The van der Waals surface area contributed by atoms with Crippen LogP contribution in [0.1, 0.15) is 28.3 Å². The first kappa shape index (κ1) is 22.9. The van der Waals surface area contributed by atoms with E-state index in [1.165, 1.54) is 0 Å². The van der Waals surface area contributed by atoms with Crippen molar-refractivity contribution in [1.29, 1.82) is 0 Å². The molecule has 0 amide bonds. The maximum absolute atomic E-state index is 6.48. The number of benzene rings is 2. The van der Waals surface area contributed by atoms with E-state index in [4.69, 9.17) is 29.4 Å². The molecule has 0 N–H and O–H groups in total. The molecule has 0 fully saturated rings. The zero-order valence-corrected chi connectivity index (χ0v) is 21.4. The molecule has 192 valence electrons. The molecule has 7 rings (SSSR count). The second kappa shape index (κ2) is 8.95. The number of rotatable bonds is 5. The van der Waals surface area contributed by atoms with E-state index >= 15 is 0 Å². The molecule has 0 bridgehead atoms. The summed E-state index contributed by atoms with van der Waals surface area (Å²) in [5.74, 6) is 2.56. The highest BCUT2D eigenvalue weighted by Crippen LogP contribution is 2.49. The van der Waals surface area contributed by atoms with E-state index < -0.39 is 0 Å². The molecule has 6 aromatic rings. The van der Waals surface area contributed by atoms with Gasteiger partial charge in [0.1, 0.15) is 6.33 Å². The molecular formula is C29H23N7O3. The molecule has 0 saturated heterocycles. The number of methoxy groups -OCH3 is 2. The molecule has 4 aromatic heterocycles. The summed E-state index contributed by atoms with van der Waals surface area (Å²) in [5, 5.41) is 9.60. The predicted octanol–water partition coefficient (Wildman–Crippen LogP) is 4.98. The monoisotopic (exact) mass is 517 g/mol. The number of hydrogen-bond acceptors (Lipinski definition) is 8. The van der Waals surface area contributed by atoms with Gasteiger partial charge in [-0.1, -0.05) is 24.3 Å². The largest absolute Gasteiger partial charge is 0.493 e. The fourth-order valence-electron chi connectivity index (χ4n) is 5.10. The Morgan fingerprint density at radius 3 is 2.51 bits per heavy atom.